The van der Waals surface area contributed by atoms with Crippen LogP contribution in [0.1, 0.15) is 35.3 Å². The van der Waals surface area contributed by atoms with E-state index in [1.165, 1.54) is 16.7 Å². The molecule has 3 rings (SSSR count). The quantitative estimate of drug-likeness (QED) is 0.921. The van der Waals surface area contributed by atoms with E-state index in [1.807, 2.05) is 11.7 Å². The summed E-state index contributed by atoms with van der Waals surface area (Å²) in [5.41, 5.74) is 4.97. The zero-order valence-electron chi connectivity index (χ0n) is 14.7. The standard InChI is InChI=1S/C18H26N4O/c1-12(14-6-7-17-15(10-14)8-9-23-17)19-11-16-13(2)20-22(5)18(16)21(3)4/h6-7,10,12,19H,8-9,11H2,1-5H3. The topological polar surface area (TPSA) is 42.3 Å². The predicted octanol–water partition coefficient (Wildman–Crippen LogP) is 2.58. The highest BCUT2D eigenvalue weighted by Crippen LogP contribution is 2.28. The minimum atomic E-state index is 0.288. The van der Waals surface area contributed by atoms with Crippen LogP contribution in [0.15, 0.2) is 18.2 Å². The van der Waals surface area contributed by atoms with E-state index >= 15 is 0 Å². The molecule has 1 aromatic carbocycles. The second-order valence-corrected chi connectivity index (χ2v) is 6.47. The molecule has 1 aliphatic rings. The van der Waals surface area contributed by atoms with Crippen molar-refractivity contribution >= 4 is 5.82 Å². The highest BCUT2D eigenvalue weighted by molar-refractivity contribution is 5.49. The molecule has 0 radical (unpaired) electrons. The maximum absolute atomic E-state index is 5.59. The summed E-state index contributed by atoms with van der Waals surface area (Å²) in [7, 11) is 6.11. The van der Waals surface area contributed by atoms with Crippen LogP contribution < -0.4 is 15.0 Å². The Bertz CT molecular complexity index is 705. The molecule has 2 aromatic rings. The molecule has 1 unspecified atom stereocenters. The summed E-state index contributed by atoms with van der Waals surface area (Å²) in [4.78, 5) is 2.12. The number of nitrogens with one attached hydrogen (secondary N) is 1. The van der Waals surface area contributed by atoms with Gasteiger partial charge in [-0.2, -0.15) is 5.10 Å². The lowest BCUT2D eigenvalue weighted by Crippen LogP contribution is -2.21. The fourth-order valence-corrected chi connectivity index (χ4v) is 3.31. The fourth-order valence-electron chi connectivity index (χ4n) is 3.31. The van der Waals surface area contributed by atoms with Gasteiger partial charge in [-0.25, -0.2) is 0 Å². The van der Waals surface area contributed by atoms with E-state index in [1.54, 1.807) is 0 Å². The minimum absolute atomic E-state index is 0.288. The van der Waals surface area contributed by atoms with Crippen molar-refractivity contribution < 1.29 is 4.74 Å². The molecule has 2 heterocycles. The summed E-state index contributed by atoms with van der Waals surface area (Å²) in [5.74, 6) is 2.20. The van der Waals surface area contributed by atoms with Crippen molar-refractivity contribution in [3.8, 4) is 5.75 Å². The first-order chi connectivity index (χ1) is 11.0. The maximum atomic E-state index is 5.59. The number of hydrogen-bond donors (Lipinski definition) is 1. The molecule has 0 amide bonds. The molecule has 23 heavy (non-hydrogen) atoms. The first kappa shape index (κ1) is 15.9. The fraction of sp³-hybridized carbons (Fsp3) is 0.500. The van der Waals surface area contributed by atoms with Gasteiger partial charge in [0.2, 0.25) is 0 Å². The molecule has 0 saturated carbocycles. The van der Waals surface area contributed by atoms with Crippen LogP contribution in [0.5, 0.6) is 5.75 Å². The lowest BCUT2D eigenvalue weighted by Gasteiger charge is -2.18. The second kappa shape index (κ2) is 6.24. The average molecular weight is 314 g/mol. The van der Waals surface area contributed by atoms with Gasteiger partial charge >= 0.3 is 0 Å². The lowest BCUT2D eigenvalue weighted by molar-refractivity contribution is 0.356. The number of hydrogen-bond acceptors (Lipinski definition) is 4. The zero-order chi connectivity index (χ0) is 16.6. The highest BCUT2D eigenvalue weighted by atomic mass is 16.5. The molecule has 0 saturated heterocycles. The number of anilines is 1. The molecule has 1 aromatic heterocycles. The Hall–Kier alpha value is -2.01. The summed E-state index contributed by atoms with van der Waals surface area (Å²) in [5, 5.41) is 8.18. The summed E-state index contributed by atoms with van der Waals surface area (Å²) in [6, 6.07) is 6.81. The van der Waals surface area contributed by atoms with Crippen molar-refractivity contribution in [3.63, 3.8) is 0 Å². The van der Waals surface area contributed by atoms with Crippen molar-refractivity contribution in [2.24, 2.45) is 7.05 Å². The summed E-state index contributed by atoms with van der Waals surface area (Å²) >= 11 is 0. The van der Waals surface area contributed by atoms with Crippen LogP contribution in [0.3, 0.4) is 0 Å². The minimum Gasteiger partial charge on any atom is -0.493 e. The van der Waals surface area contributed by atoms with Crippen molar-refractivity contribution in [1.29, 1.82) is 0 Å². The number of rotatable bonds is 5. The molecule has 0 spiro atoms. The summed E-state index contributed by atoms with van der Waals surface area (Å²) < 4.78 is 7.53. The predicted molar refractivity (Wildman–Crippen MR) is 93.2 cm³/mol. The molecule has 0 bridgehead atoms. The number of fused-ring (bicyclic) bond motifs is 1. The number of nitrogens with zero attached hydrogens (tertiary/aromatic N) is 3. The van der Waals surface area contributed by atoms with Gasteiger partial charge in [0.05, 0.1) is 12.3 Å². The molecular weight excluding hydrogens is 288 g/mol. The Morgan fingerprint density at radius 2 is 2.17 bits per heavy atom. The van der Waals surface area contributed by atoms with Gasteiger partial charge in [0.1, 0.15) is 11.6 Å². The van der Waals surface area contributed by atoms with E-state index in [0.717, 1.165) is 36.8 Å². The van der Waals surface area contributed by atoms with E-state index in [2.05, 4.69) is 61.5 Å². The largest absolute Gasteiger partial charge is 0.493 e. The molecular formula is C18H26N4O. The molecule has 0 aliphatic carbocycles. The van der Waals surface area contributed by atoms with Crippen LogP contribution in [0.4, 0.5) is 5.82 Å². The van der Waals surface area contributed by atoms with Crippen LogP contribution in [0.2, 0.25) is 0 Å². The Morgan fingerprint density at radius 3 is 2.91 bits per heavy atom. The van der Waals surface area contributed by atoms with E-state index in [4.69, 9.17) is 4.74 Å². The van der Waals surface area contributed by atoms with Gasteiger partial charge in [-0.3, -0.25) is 4.68 Å². The van der Waals surface area contributed by atoms with Crippen molar-refractivity contribution in [2.75, 3.05) is 25.6 Å². The van der Waals surface area contributed by atoms with E-state index in [-0.39, 0.29) is 6.04 Å². The van der Waals surface area contributed by atoms with Crippen LogP contribution in [-0.4, -0.2) is 30.5 Å². The molecule has 5 nitrogen and oxygen atoms in total. The molecule has 1 aliphatic heterocycles. The van der Waals surface area contributed by atoms with Crippen LogP contribution >= 0.6 is 0 Å². The number of aromatic nitrogens is 2. The SMILES string of the molecule is Cc1nn(C)c(N(C)C)c1CNC(C)c1ccc2c(c1)CCO2. The Labute approximate surface area is 138 Å². The average Bonchev–Trinajstić information content (AvgIpc) is 3.07. The third kappa shape index (κ3) is 3.06. The number of aryl methyl sites for hydroxylation is 2. The van der Waals surface area contributed by atoms with E-state index in [0.29, 0.717) is 0 Å². The highest BCUT2D eigenvalue weighted by Gasteiger charge is 2.17. The third-order valence-electron chi connectivity index (χ3n) is 4.54. The normalized spacial score (nSPS) is 14.5. The second-order valence-electron chi connectivity index (χ2n) is 6.47. The zero-order valence-corrected chi connectivity index (χ0v) is 14.7. The van der Waals surface area contributed by atoms with Gasteiger partial charge < -0.3 is 15.0 Å². The molecule has 5 heteroatoms. The Balaban J connectivity index is 1.73. The van der Waals surface area contributed by atoms with Crippen molar-refractivity contribution in [1.82, 2.24) is 15.1 Å². The van der Waals surface area contributed by atoms with Gasteiger partial charge in [-0.15, -0.1) is 0 Å². The van der Waals surface area contributed by atoms with Crippen LogP contribution in [0.25, 0.3) is 0 Å². The maximum Gasteiger partial charge on any atom is 0.130 e. The number of benzene rings is 1. The van der Waals surface area contributed by atoms with Gasteiger partial charge in [0, 0.05) is 45.7 Å². The van der Waals surface area contributed by atoms with Crippen LogP contribution in [0, 0.1) is 6.92 Å². The lowest BCUT2D eigenvalue weighted by atomic mass is 10.0. The molecule has 0 fully saturated rings. The molecule has 1 N–H and O–H groups in total. The van der Waals surface area contributed by atoms with Gasteiger partial charge in [-0.05, 0) is 31.0 Å². The van der Waals surface area contributed by atoms with Crippen LogP contribution in [-0.2, 0) is 20.0 Å². The van der Waals surface area contributed by atoms with Crippen molar-refractivity contribution in [2.45, 2.75) is 32.9 Å². The molecule has 1 atom stereocenters. The smallest absolute Gasteiger partial charge is 0.130 e. The monoisotopic (exact) mass is 314 g/mol. The van der Waals surface area contributed by atoms with Gasteiger partial charge in [-0.1, -0.05) is 12.1 Å². The third-order valence-corrected chi connectivity index (χ3v) is 4.54. The first-order valence-electron chi connectivity index (χ1n) is 8.16. The van der Waals surface area contributed by atoms with E-state index < -0.39 is 0 Å². The Morgan fingerprint density at radius 1 is 1.39 bits per heavy atom. The van der Waals surface area contributed by atoms with Gasteiger partial charge in [0.25, 0.3) is 0 Å². The molecule has 124 valence electrons. The summed E-state index contributed by atoms with van der Waals surface area (Å²) in [6.07, 6.45) is 1.02. The van der Waals surface area contributed by atoms with E-state index in [9.17, 15) is 0 Å². The first-order valence-corrected chi connectivity index (χ1v) is 8.16. The number of ether oxygens (including phenoxy) is 1. The van der Waals surface area contributed by atoms with Gasteiger partial charge in [0.15, 0.2) is 0 Å². The summed E-state index contributed by atoms with van der Waals surface area (Å²) in [6.45, 7) is 5.89. The Kier molecular flexibility index (Phi) is 4.31. The van der Waals surface area contributed by atoms with Crippen molar-refractivity contribution in [3.05, 3.63) is 40.6 Å².